The second-order valence-electron chi connectivity index (χ2n) is 5.98. The van der Waals surface area contributed by atoms with Gasteiger partial charge in [0.1, 0.15) is 0 Å². The number of unbranched alkanes of at least 4 members (excludes halogenated alkanes) is 7. The first-order valence-corrected chi connectivity index (χ1v) is 8.95. The van der Waals surface area contributed by atoms with Crippen molar-refractivity contribution in [3.05, 3.63) is 0 Å². The Hall–Kier alpha value is -0.160. The third kappa shape index (κ3) is 12.1. The lowest BCUT2D eigenvalue weighted by molar-refractivity contribution is 0.111. The van der Waals surface area contributed by atoms with Crippen molar-refractivity contribution in [1.29, 1.82) is 0 Å². The topological polar surface area (TPSA) is 69.7 Å². The van der Waals surface area contributed by atoms with Crippen LogP contribution in [0.15, 0.2) is 0 Å². The first-order valence-electron chi connectivity index (χ1n) is 8.95. The molecule has 0 fully saturated rings. The van der Waals surface area contributed by atoms with E-state index in [0.29, 0.717) is 25.7 Å². The zero-order valence-corrected chi connectivity index (χ0v) is 14.1. The highest BCUT2D eigenvalue weighted by Gasteiger charge is 2.16. The Morgan fingerprint density at radius 2 is 1.33 bits per heavy atom. The standard InChI is InChI=1S/C17H38N2O2/c1-2-3-4-5-6-7-8-9-10-17(11-12-18)19(13-15-20)14-16-21/h17,20-21H,2-16,18H2,1H3. The van der Waals surface area contributed by atoms with Gasteiger partial charge in [-0.15, -0.1) is 0 Å². The van der Waals surface area contributed by atoms with Gasteiger partial charge in [0.05, 0.1) is 13.2 Å². The number of nitrogens with two attached hydrogens (primary N) is 1. The van der Waals surface area contributed by atoms with Gasteiger partial charge in [-0.25, -0.2) is 0 Å². The second kappa shape index (κ2) is 16.2. The van der Waals surface area contributed by atoms with Gasteiger partial charge in [0, 0.05) is 19.1 Å². The number of hydrogen-bond donors (Lipinski definition) is 3. The van der Waals surface area contributed by atoms with Crippen molar-refractivity contribution in [2.75, 3.05) is 32.8 Å². The number of hydrogen-bond acceptors (Lipinski definition) is 4. The Morgan fingerprint density at radius 1 is 0.810 bits per heavy atom. The number of nitrogens with zero attached hydrogens (tertiary/aromatic N) is 1. The Bertz CT molecular complexity index is 197. The molecule has 0 aliphatic rings. The molecule has 0 aliphatic carbocycles. The van der Waals surface area contributed by atoms with E-state index in [1.165, 1.54) is 51.4 Å². The molecule has 0 aromatic heterocycles. The highest BCUT2D eigenvalue weighted by molar-refractivity contribution is 4.72. The first-order chi connectivity index (χ1) is 10.3. The van der Waals surface area contributed by atoms with Gasteiger partial charge >= 0.3 is 0 Å². The molecule has 0 amide bonds. The average molecular weight is 303 g/mol. The SMILES string of the molecule is CCCCCCCCCCC(CCN)N(CCO)CCO. The van der Waals surface area contributed by atoms with Gasteiger partial charge in [-0.05, 0) is 19.4 Å². The molecule has 0 rings (SSSR count). The molecule has 0 bridgehead atoms. The van der Waals surface area contributed by atoms with Crippen LogP contribution in [0.1, 0.15) is 71.1 Å². The summed E-state index contributed by atoms with van der Waals surface area (Å²) in [5, 5.41) is 18.3. The maximum atomic E-state index is 9.14. The molecule has 0 heterocycles. The van der Waals surface area contributed by atoms with Crippen molar-refractivity contribution in [2.45, 2.75) is 77.2 Å². The van der Waals surface area contributed by atoms with Crippen molar-refractivity contribution >= 4 is 0 Å². The number of aliphatic hydroxyl groups is 2. The third-order valence-electron chi connectivity index (χ3n) is 4.18. The van der Waals surface area contributed by atoms with Crippen LogP contribution < -0.4 is 5.73 Å². The van der Waals surface area contributed by atoms with Crippen LogP contribution in [0.3, 0.4) is 0 Å². The van der Waals surface area contributed by atoms with Crippen LogP contribution in [-0.2, 0) is 0 Å². The van der Waals surface area contributed by atoms with Crippen LogP contribution in [0, 0.1) is 0 Å². The maximum Gasteiger partial charge on any atom is 0.0558 e. The second-order valence-corrected chi connectivity index (χ2v) is 5.98. The van der Waals surface area contributed by atoms with Crippen LogP contribution in [-0.4, -0.2) is 54.0 Å². The van der Waals surface area contributed by atoms with Gasteiger partial charge < -0.3 is 15.9 Å². The molecule has 21 heavy (non-hydrogen) atoms. The normalized spacial score (nSPS) is 13.0. The zero-order valence-electron chi connectivity index (χ0n) is 14.1. The molecular weight excluding hydrogens is 264 g/mol. The number of rotatable bonds is 16. The van der Waals surface area contributed by atoms with Crippen molar-refractivity contribution in [3.63, 3.8) is 0 Å². The summed E-state index contributed by atoms with van der Waals surface area (Å²) in [5.41, 5.74) is 5.71. The fourth-order valence-corrected chi connectivity index (χ4v) is 2.95. The van der Waals surface area contributed by atoms with Gasteiger partial charge in [0.25, 0.3) is 0 Å². The number of aliphatic hydroxyl groups excluding tert-OH is 2. The van der Waals surface area contributed by atoms with E-state index in [1.807, 2.05) is 0 Å². The first kappa shape index (κ1) is 20.8. The van der Waals surface area contributed by atoms with Gasteiger partial charge in [-0.3, -0.25) is 4.90 Å². The minimum Gasteiger partial charge on any atom is -0.395 e. The van der Waals surface area contributed by atoms with Gasteiger partial charge in [-0.1, -0.05) is 58.3 Å². The van der Waals surface area contributed by atoms with Gasteiger partial charge in [0.15, 0.2) is 0 Å². The lowest BCUT2D eigenvalue weighted by Crippen LogP contribution is -2.40. The van der Waals surface area contributed by atoms with Crippen LogP contribution in [0.25, 0.3) is 0 Å². The predicted molar refractivity (Wildman–Crippen MR) is 90.4 cm³/mol. The molecule has 4 heteroatoms. The minimum atomic E-state index is 0.151. The molecule has 0 saturated heterocycles. The monoisotopic (exact) mass is 302 g/mol. The lowest BCUT2D eigenvalue weighted by atomic mass is 10.0. The van der Waals surface area contributed by atoms with Crippen LogP contribution >= 0.6 is 0 Å². The van der Waals surface area contributed by atoms with E-state index in [4.69, 9.17) is 15.9 Å². The smallest absolute Gasteiger partial charge is 0.0558 e. The van der Waals surface area contributed by atoms with E-state index in [9.17, 15) is 0 Å². The molecule has 4 N–H and O–H groups in total. The lowest BCUT2D eigenvalue weighted by Gasteiger charge is -2.30. The molecular formula is C17H38N2O2. The molecule has 1 atom stereocenters. The van der Waals surface area contributed by atoms with E-state index < -0.39 is 0 Å². The van der Waals surface area contributed by atoms with Crippen molar-refractivity contribution < 1.29 is 10.2 Å². The molecule has 0 spiro atoms. The third-order valence-corrected chi connectivity index (χ3v) is 4.18. The molecule has 0 saturated carbocycles. The van der Waals surface area contributed by atoms with Gasteiger partial charge in [0.2, 0.25) is 0 Å². The van der Waals surface area contributed by atoms with E-state index in [1.54, 1.807) is 0 Å². The predicted octanol–water partition coefficient (Wildman–Crippen LogP) is 2.52. The highest BCUT2D eigenvalue weighted by atomic mass is 16.3. The molecule has 0 aliphatic heterocycles. The maximum absolute atomic E-state index is 9.14. The van der Waals surface area contributed by atoms with E-state index >= 15 is 0 Å². The molecule has 0 aromatic carbocycles. The van der Waals surface area contributed by atoms with E-state index in [2.05, 4.69) is 11.8 Å². The summed E-state index contributed by atoms with van der Waals surface area (Å²) in [4.78, 5) is 2.19. The van der Waals surface area contributed by atoms with Crippen molar-refractivity contribution in [3.8, 4) is 0 Å². The fourth-order valence-electron chi connectivity index (χ4n) is 2.95. The molecule has 0 radical (unpaired) electrons. The summed E-state index contributed by atoms with van der Waals surface area (Å²) in [5.74, 6) is 0. The van der Waals surface area contributed by atoms with Crippen LogP contribution in [0.4, 0.5) is 0 Å². The minimum absolute atomic E-state index is 0.151. The summed E-state index contributed by atoms with van der Waals surface area (Å²) < 4.78 is 0. The summed E-state index contributed by atoms with van der Waals surface area (Å²) in [6.45, 7) is 4.51. The van der Waals surface area contributed by atoms with Gasteiger partial charge in [-0.2, -0.15) is 0 Å². The Kier molecular flexibility index (Phi) is 16.1. The molecule has 128 valence electrons. The molecule has 1 unspecified atom stereocenters. The quantitative estimate of drug-likeness (QED) is 0.383. The zero-order chi connectivity index (χ0) is 15.8. The summed E-state index contributed by atoms with van der Waals surface area (Å²) in [6, 6.07) is 0.411. The molecule has 0 aromatic rings. The summed E-state index contributed by atoms with van der Waals surface area (Å²) in [7, 11) is 0. The van der Waals surface area contributed by atoms with Crippen molar-refractivity contribution in [1.82, 2.24) is 4.90 Å². The summed E-state index contributed by atoms with van der Waals surface area (Å²) in [6.07, 6.45) is 12.7. The molecule has 4 nitrogen and oxygen atoms in total. The largest absolute Gasteiger partial charge is 0.395 e. The average Bonchev–Trinajstić information content (AvgIpc) is 2.48. The van der Waals surface area contributed by atoms with E-state index in [-0.39, 0.29) is 13.2 Å². The Balaban J connectivity index is 3.81. The summed E-state index contributed by atoms with van der Waals surface area (Å²) >= 11 is 0. The Morgan fingerprint density at radius 3 is 1.81 bits per heavy atom. The van der Waals surface area contributed by atoms with Crippen molar-refractivity contribution in [2.24, 2.45) is 5.73 Å². The highest BCUT2D eigenvalue weighted by Crippen LogP contribution is 2.15. The Labute approximate surface area is 131 Å². The van der Waals surface area contributed by atoms with Crippen LogP contribution in [0.5, 0.6) is 0 Å². The van der Waals surface area contributed by atoms with Crippen LogP contribution in [0.2, 0.25) is 0 Å². The fraction of sp³-hybridized carbons (Fsp3) is 1.00. The van der Waals surface area contributed by atoms with E-state index in [0.717, 1.165) is 12.8 Å².